The van der Waals surface area contributed by atoms with Crippen LogP contribution in [-0.4, -0.2) is 39.5 Å². The first-order valence-electron chi connectivity index (χ1n) is 4.28. The Kier molecular flexibility index (Phi) is 4.18. The summed E-state index contributed by atoms with van der Waals surface area (Å²) in [6, 6.07) is 0. The molecule has 1 rings (SSSR count). The van der Waals surface area contributed by atoms with Gasteiger partial charge in [0.1, 0.15) is 5.44 Å². The van der Waals surface area contributed by atoms with Crippen LogP contribution in [0.1, 0.15) is 19.8 Å². The van der Waals surface area contributed by atoms with Crippen molar-refractivity contribution in [2.75, 3.05) is 6.61 Å². The molecule has 1 aliphatic rings. The fraction of sp³-hybridized carbons (Fsp3) is 0.875. The first kappa shape index (κ1) is 11.0. The molecule has 0 amide bonds. The summed E-state index contributed by atoms with van der Waals surface area (Å²) in [5.74, 6) is 0. The van der Waals surface area contributed by atoms with Crippen molar-refractivity contribution < 1.29 is 14.9 Å². The average molecular weight is 205 g/mol. The second kappa shape index (κ2) is 4.95. The monoisotopic (exact) mass is 205 g/mol. The molecule has 1 heterocycles. The van der Waals surface area contributed by atoms with E-state index in [0.29, 0.717) is 17.9 Å². The van der Waals surface area contributed by atoms with Crippen LogP contribution < -0.4 is 0 Å². The van der Waals surface area contributed by atoms with Gasteiger partial charge in [-0.3, -0.25) is 5.41 Å². The molecule has 0 aromatic rings. The van der Waals surface area contributed by atoms with Crippen LogP contribution in [0.15, 0.2) is 0 Å². The third-order valence-electron chi connectivity index (χ3n) is 1.86. The summed E-state index contributed by atoms with van der Waals surface area (Å²) in [6.07, 6.45) is 0.338. The first-order valence-corrected chi connectivity index (χ1v) is 5.16. The van der Waals surface area contributed by atoms with Crippen molar-refractivity contribution in [2.24, 2.45) is 0 Å². The van der Waals surface area contributed by atoms with Gasteiger partial charge in [0, 0.05) is 12.8 Å². The topological polar surface area (TPSA) is 73.5 Å². The maximum Gasteiger partial charge on any atom is 0.111 e. The van der Waals surface area contributed by atoms with Gasteiger partial charge in [-0.25, -0.2) is 0 Å². The van der Waals surface area contributed by atoms with Crippen molar-refractivity contribution >= 4 is 16.8 Å². The largest absolute Gasteiger partial charge is 0.394 e. The van der Waals surface area contributed by atoms with Crippen molar-refractivity contribution in [3.05, 3.63) is 0 Å². The molecule has 0 aliphatic carbocycles. The van der Waals surface area contributed by atoms with Crippen LogP contribution in [-0.2, 0) is 4.74 Å². The van der Waals surface area contributed by atoms with Crippen molar-refractivity contribution in [1.82, 2.24) is 0 Å². The molecule has 4 nitrogen and oxygen atoms in total. The Hall–Kier alpha value is -0.100. The molecule has 76 valence electrons. The number of aliphatic hydroxyl groups is 2. The Morgan fingerprint density at radius 1 is 1.62 bits per heavy atom. The smallest absolute Gasteiger partial charge is 0.111 e. The zero-order valence-corrected chi connectivity index (χ0v) is 8.38. The molecule has 0 unspecified atom stereocenters. The van der Waals surface area contributed by atoms with E-state index < -0.39 is 6.10 Å². The minimum atomic E-state index is -0.414. The van der Waals surface area contributed by atoms with Crippen LogP contribution >= 0.6 is 11.8 Å². The number of hydrogen-bond acceptors (Lipinski definition) is 5. The van der Waals surface area contributed by atoms with Gasteiger partial charge in [-0.2, -0.15) is 0 Å². The van der Waals surface area contributed by atoms with E-state index >= 15 is 0 Å². The molecule has 13 heavy (non-hydrogen) atoms. The number of ether oxygens (including phenoxy) is 1. The molecule has 5 heteroatoms. The van der Waals surface area contributed by atoms with Crippen molar-refractivity contribution in [1.29, 1.82) is 5.41 Å². The standard InChI is InChI=1S/C8H15NO3S/c1-5(9)13-8-3-6(11)2-7(4-10)12-8/h6-11H,2-4H2,1H3/t6-,7-,8+/m0/s1. The van der Waals surface area contributed by atoms with E-state index in [1.807, 2.05) is 0 Å². The van der Waals surface area contributed by atoms with Gasteiger partial charge < -0.3 is 14.9 Å². The maximum absolute atomic E-state index is 9.42. The molecule has 0 saturated carbocycles. The van der Waals surface area contributed by atoms with Gasteiger partial charge in [-0.05, 0) is 6.92 Å². The summed E-state index contributed by atoms with van der Waals surface area (Å²) in [7, 11) is 0. The SMILES string of the molecule is CC(=N)S[C@@H]1C[C@@H](O)C[C@@H](CO)O1. The van der Waals surface area contributed by atoms with E-state index in [1.165, 1.54) is 11.8 Å². The van der Waals surface area contributed by atoms with Crippen LogP contribution in [0, 0.1) is 5.41 Å². The number of hydrogen-bond donors (Lipinski definition) is 3. The molecule has 1 aliphatic heterocycles. The van der Waals surface area contributed by atoms with Gasteiger partial charge >= 0.3 is 0 Å². The Morgan fingerprint density at radius 3 is 2.85 bits per heavy atom. The lowest BCUT2D eigenvalue weighted by Gasteiger charge is -2.31. The van der Waals surface area contributed by atoms with Crippen molar-refractivity contribution in [3.63, 3.8) is 0 Å². The third-order valence-corrected chi connectivity index (χ3v) is 2.78. The molecular weight excluding hydrogens is 190 g/mol. The van der Waals surface area contributed by atoms with E-state index in [9.17, 15) is 5.11 Å². The van der Waals surface area contributed by atoms with Gasteiger partial charge in [0.15, 0.2) is 0 Å². The van der Waals surface area contributed by atoms with Crippen LogP contribution in [0.2, 0.25) is 0 Å². The van der Waals surface area contributed by atoms with Crippen LogP contribution in [0.5, 0.6) is 0 Å². The predicted molar refractivity (Wildman–Crippen MR) is 52.0 cm³/mol. The highest BCUT2D eigenvalue weighted by Gasteiger charge is 2.28. The molecule has 0 aromatic carbocycles. The first-order chi connectivity index (χ1) is 6.11. The van der Waals surface area contributed by atoms with Crippen molar-refractivity contribution in [2.45, 2.75) is 37.4 Å². The number of aliphatic hydroxyl groups excluding tert-OH is 2. The molecule has 3 atom stereocenters. The average Bonchev–Trinajstić information content (AvgIpc) is 2.01. The van der Waals surface area contributed by atoms with E-state index in [0.717, 1.165) is 0 Å². The van der Waals surface area contributed by atoms with Crippen LogP contribution in [0.4, 0.5) is 0 Å². The van der Waals surface area contributed by atoms with E-state index in [-0.39, 0.29) is 18.1 Å². The number of rotatable bonds is 2. The van der Waals surface area contributed by atoms with E-state index in [2.05, 4.69) is 0 Å². The third kappa shape index (κ3) is 3.64. The molecule has 1 fully saturated rings. The predicted octanol–water partition coefficient (Wildman–Crippen LogP) is 0.575. The lowest BCUT2D eigenvalue weighted by Crippen LogP contribution is -2.36. The van der Waals surface area contributed by atoms with Gasteiger partial charge in [-0.15, -0.1) is 0 Å². The highest BCUT2D eigenvalue weighted by Crippen LogP contribution is 2.27. The minimum Gasteiger partial charge on any atom is -0.394 e. The summed E-state index contributed by atoms with van der Waals surface area (Å²) >= 11 is 1.29. The van der Waals surface area contributed by atoms with E-state index in [4.69, 9.17) is 15.3 Å². The van der Waals surface area contributed by atoms with Gasteiger partial charge in [0.05, 0.1) is 23.9 Å². The molecule has 0 spiro atoms. The summed E-state index contributed by atoms with van der Waals surface area (Å²) in [4.78, 5) is 0. The Balaban J connectivity index is 2.42. The maximum atomic E-state index is 9.42. The van der Waals surface area contributed by atoms with Crippen LogP contribution in [0.25, 0.3) is 0 Å². The minimum absolute atomic E-state index is 0.0643. The summed E-state index contributed by atoms with van der Waals surface area (Å²) < 4.78 is 5.43. The quantitative estimate of drug-likeness (QED) is 0.455. The van der Waals surface area contributed by atoms with E-state index in [1.54, 1.807) is 6.92 Å². The van der Waals surface area contributed by atoms with Crippen LogP contribution in [0.3, 0.4) is 0 Å². The fourth-order valence-electron chi connectivity index (χ4n) is 1.34. The number of nitrogens with one attached hydrogen (secondary N) is 1. The molecular formula is C8H15NO3S. The molecule has 1 saturated heterocycles. The highest BCUT2D eigenvalue weighted by molar-refractivity contribution is 8.14. The zero-order valence-electron chi connectivity index (χ0n) is 7.56. The van der Waals surface area contributed by atoms with Gasteiger partial charge in [0.2, 0.25) is 0 Å². The highest BCUT2D eigenvalue weighted by atomic mass is 32.2. The Labute approximate surface area is 81.8 Å². The Morgan fingerprint density at radius 2 is 2.31 bits per heavy atom. The normalized spacial score (nSPS) is 34.5. The molecule has 3 N–H and O–H groups in total. The molecule has 0 radical (unpaired) electrons. The van der Waals surface area contributed by atoms with Gasteiger partial charge in [-0.1, -0.05) is 11.8 Å². The van der Waals surface area contributed by atoms with Gasteiger partial charge in [0.25, 0.3) is 0 Å². The second-order valence-corrected chi connectivity index (χ2v) is 4.54. The molecule has 0 aromatic heterocycles. The second-order valence-electron chi connectivity index (χ2n) is 3.17. The number of thioether (sulfide) groups is 1. The lowest BCUT2D eigenvalue weighted by atomic mass is 10.1. The fourth-order valence-corrected chi connectivity index (χ4v) is 2.26. The lowest BCUT2D eigenvalue weighted by molar-refractivity contribution is -0.0779. The Bertz CT molecular complexity index is 188. The zero-order chi connectivity index (χ0) is 9.84. The summed E-state index contributed by atoms with van der Waals surface area (Å²) in [5, 5.41) is 26.0. The molecule has 0 bridgehead atoms. The van der Waals surface area contributed by atoms with Crippen molar-refractivity contribution in [3.8, 4) is 0 Å². The summed E-state index contributed by atoms with van der Waals surface area (Å²) in [6.45, 7) is 1.62. The summed E-state index contributed by atoms with van der Waals surface area (Å²) in [5.41, 5.74) is -0.182.